The Bertz CT molecular complexity index is 1230. The second kappa shape index (κ2) is 10.2. The van der Waals surface area contributed by atoms with Crippen LogP contribution in [-0.4, -0.2) is 75.8 Å². The minimum Gasteiger partial charge on any atom is -0.393 e. The van der Waals surface area contributed by atoms with Gasteiger partial charge in [0.2, 0.25) is 5.95 Å². The zero-order valence-electron chi connectivity index (χ0n) is 21.9. The van der Waals surface area contributed by atoms with E-state index in [0.29, 0.717) is 18.5 Å². The lowest BCUT2D eigenvalue weighted by Gasteiger charge is -2.48. The Morgan fingerprint density at radius 2 is 2.05 bits per heavy atom. The summed E-state index contributed by atoms with van der Waals surface area (Å²) in [6.45, 7) is 5.16. The molecule has 0 radical (unpaired) electrons. The van der Waals surface area contributed by atoms with Gasteiger partial charge >= 0.3 is 0 Å². The predicted octanol–water partition coefficient (Wildman–Crippen LogP) is 4.02. The molecule has 3 aliphatic rings. The molecule has 3 aromatic rings. The van der Waals surface area contributed by atoms with Crippen LogP contribution in [0.3, 0.4) is 0 Å². The Labute approximate surface area is 218 Å². The van der Waals surface area contributed by atoms with Crippen LogP contribution < -0.4 is 10.2 Å². The Morgan fingerprint density at radius 3 is 2.81 bits per heavy atom. The predicted molar refractivity (Wildman–Crippen MR) is 143 cm³/mol. The van der Waals surface area contributed by atoms with Gasteiger partial charge in [-0.15, -0.1) is 5.10 Å². The summed E-state index contributed by atoms with van der Waals surface area (Å²) in [6, 6.07) is 6.66. The van der Waals surface area contributed by atoms with Gasteiger partial charge in [-0.25, -0.2) is 14.5 Å². The van der Waals surface area contributed by atoms with Gasteiger partial charge in [-0.05, 0) is 75.6 Å². The van der Waals surface area contributed by atoms with E-state index in [1.807, 2.05) is 12.4 Å². The number of aromatic nitrogens is 4. The smallest absolute Gasteiger partial charge is 0.241 e. The molecular weight excluding hydrogens is 468 g/mol. The van der Waals surface area contributed by atoms with E-state index >= 15 is 0 Å². The van der Waals surface area contributed by atoms with E-state index in [1.165, 1.54) is 12.1 Å². The summed E-state index contributed by atoms with van der Waals surface area (Å²) in [7, 11) is 1.70. The van der Waals surface area contributed by atoms with Crippen LogP contribution in [-0.2, 0) is 9.47 Å². The third-order valence-corrected chi connectivity index (χ3v) is 8.35. The molecule has 1 spiro atoms. The van der Waals surface area contributed by atoms with Gasteiger partial charge in [0.1, 0.15) is 5.82 Å². The number of pyridine rings is 1. The normalized spacial score (nSPS) is 24.2. The average Bonchev–Trinajstić information content (AvgIpc) is 3.27. The summed E-state index contributed by atoms with van der Waals surface area (Å²) in [5.74, 6) is 1.94. The van der Waals surface area contributed by atoms with Crippen molar-refractivity contribution < 1.29 is 14.6 Å². The number of nitrogens with one attached hydrogen (secondary N) is 1. The van der Waals surface area contributed by atoms with Crippen molar-refractivity contribution in [2.24, 2.45) is 0 Å². The fraction of sp³-hybridized carbons (Fsp3) is 0.607. The molecule has 0 amide bonds. The van der Waals surface area contributed by atoms with Crippen molar-refractivity contribution in [2.45, 2.75) is 75.5 Å². The third-order valence-electron chi connectivity index (χ3n) is 8.35. The minimum atomic E-state index is -0.195. The molecule has 0 bridgehead atoms. The van der Waals surface area contributed by atoms with E-state index < -0.39 is 0 Å². The van der Waals surface area contributed by atoms with Crippen LogP contribution >= 0.6 is 0 Å². The molecular formula is C28H38N6O3. The largest absolute Gasteiger partial charge is 0.393 e. The Morgan fingerprint density at radius 1 is 1.22 bits per heavy atom. The number of aliphatic hydroxyl groups is 1. The maximum Gasteiger partial charge on any atom is 0.241 e. The maximum atomic E-state index is 10.1. The van der Waals surface area contributed by atoms with Gasteiger partial charge in [0, 0.05) is 49.6 Å². The van der Waals surface area contributed by atoms with Gasteiger partial charge < -0.3 is 24.8 Å². The van der Waals surface area contributed by atoms with E-state index in [-0.39, 0.29) is 17.7 Å². The first-order valence-electron chi connectivity index (χ1n) is 13.7. The first-order chi connectivity index (χ1) is 18.0. The standard InChI is InChI=1S/C28H38N6O3/c1-19(17-36-2)31-27-30-16-25-23(15-24(34(25)32-27)20-4-6-22(35)7-5-20)21-8-11-29-26(14-21)33-12-13-37-28(18-33)9-3-10-28/h8,11,14-16,19-20,22,35H,3-7,9-10,12-13,17-18H2,1-2H3,(H,31,32)/t19-,20?,22?/m0/s1. The number of nitrogens with zero attached hydrogens (tertiary/aromatic N) is 5. The molecule has 9 heteroatoms. The van der Waals surface area contributed by atoms with Crippen molar-refractivity contribution in [1.82, 2.24) is 19.6 Å². The fourth-order valence-corrected chi connectivity index (χ4v) is 6.16. The minimum absolute atomic E-state index is 0.0225. The number of methoxy groups -OCH3 is 1. The number of rotatable bonds is 7. The number of morpholine rings is 1. The Kier molecular flexibility index (Phi) is 6.77. The number of hydrogen-bond donors (Lipinski definition) is 2. The topological polar surface area (TPSA) is 97.0 Å². The van der Waals surface area contributed by atoms with Gasteiger partial charge in [0.25, 0.3) is 0 Å². The first-order valence-corrected chi connectivity index (χ1v) is 13.7. The van der Waals surface area contributed by atoms with E-state index in [4.69, 9.17) is 19.6 Å². The zero-order chi connectivity index (χ0) is 25.4. The lowest BCUT2D eigenvalue weighted by Crippen LogP contribution is -2.55. The van der Waals surface area contributed by atoms with E-state index in [2.05, 4.69) is 44.8 Å². The van der Waals surface area contributed by atoms with E-state index in [1.54, 1.807) is 7.11 Å². The van der Waals surface area contributed by atoms with Crippen molar-refractivity contribution in [3.8, 4) is 11.1 Å². The van der Waals surface area contributed by atoms with Crippen LogP contribution in [0, 0.1) is 0 Å². The molecule has 6 rings (SSSR count). The summed E-state index contributed by atoms with van der Waals surface area (Å²) >= 11 is 0. The highest BCUT2D eigenvalue weighted by atomic mass is 16.5. The Balaban J connectivity index is 1.36. The molecule has 3 aromatic heterocycles. The van der Waals surface area contributed by atoms with Crippen molar-refractivity contribution >= 4 is 17.3 Å². The zero-order valence-corrected chi connectivity index (χ0v) is 21.9. The number of hydrogen-bond acceptors (Lipinski definition) is 8. The van der Waals surface area contributed by atoms with Crippen LogP contribution in [0.2, 0.25) is 0 Å². The number of ether oxygens (including phenoxy) is 2. The molecule has 1 aliphatic heterocycles. The Hall–Kier alpha value is -2.75. The van der Waals surface area contributed by atoms with E-state index in [9.17, 15) is 5.11 Å². The van der Waals surface area contributed by atoms with Gasteiger partial charge in [-0.2, -0.15) is 0 Å². The number of aliphatic hydroxyl groups excluding tert-OH is 1. The molecule has 0 unspecified atom stereocenters. The summed E-state index contributed by atoms with van der Waals surface area (Å²) in [5, 5.41) is 18.4. The lowest BCUT2D eigenvalue weighted by atomic mass is 9.79. The molecule has 1 atom stereocenters. The highest BCUT2D eigenvalue weighted by Gasteiger charge is 2.42. The monoisotopic (exact) mass is 506 g/mol. The molecule has 2 aliphatic carbocycles. The lowest BCUT2D eigenvalue weighted by molar-refractivity contribution is -0.106. The quantitative estimate of drug-likeness (QED) is 0.496. The van der Waals surface area contributed by atoms with Crippen LogP contribution in [0.4, 0.5) is 11.8 Å². The maximum absolute atomic E-state index is 10.1. The van der Waals surface area contributed by atoms with E-state index in [0.717, 1.165) is 80.7 Å². The molecule has 3 fully saturated rings. The number of anilines is 2. The first kappa shape index (κ1) is 24.6. The number of fused-ring (bicyclic) bond motifs is 1. The molecule has 1 saturated heterocycles. The van der Waals surface area contributed by atoms with Gasteiger partial charge in [-0.1, -0.05) is 0 Å². The third kappa shape index (κ3) is 4.92. The molecule has 9 nitrogen and oxygen atoms in total. The molecule has 198 valence electrons. The van der Waals surface area contributed by atoms with Crippen LogP contribution in [0.1, 0.15) is 63.5 Å². The SMILES string of the molecule is COC[C@H](C)Nc1ncc2c(-c3ccnc(N4CCOC5(CCC5)C4)c3)cc(C3CCC(O)CC3)n2n1. The summed E-state index contributed by atoms with van der Waals surface area (Å²) < 4.78 is 13.5. The van der Waals surface area contributed by atoms with Gasteiger partial charge in [0.05, 0.1) is 36.6 Å². The molecule has 4 heterocycles. The molecule has 2 saturated carbocycles. The van der Waals surface area contributed by atoms with Crippen molar-refractivity contribution in [2.75, 3.05) is 43.6 Å². The van der Waals surface area contributed by atoms with Crippen LogP contribution in [0.25, 0.3) is 16.6 Å². The second-order valence-corrected chi connectivity index (χ2v) is 11.1. The van der Waals surface area contributed by atoms with Gasteiger partial charge in [-0.3, -0.25) is 0 Å². The average molecular weight is 507 g/mol. The van der Waals surface area contributed by atoms with Crippen LogP contribution in [0.15, 0.2) is 30.6 Å². The summed E-state index contributed by atoms with van der Waals surface area (Å²) in [4.78, 5) is 11.8. The highest BCUT2D eigenvalue weighted by Crippen LogP contribution is 2.41. The van der Waals surface area contributed by atoms with Crippen molar-refractivity contribution in [3.05, 3.63) is 36.3 Å². The molecule has 2 N–H and O–H groups in total. The van der Waals surface area contributed by atoms with Gasteiger partial charge in [0.15, 0.2) is 0 Å². The molecule has 37 heavy (non-hydrogen) atoms. The highest BCUT2D eigenvalue weighted by molar-refractivity contribution is 5.82. The van der Waals surface area contributed by atoms with Crippen molar-refractivity contribution in [1.29, 1.82) is 0 Å². The summed E-state index contributed by atoms with van der Waals surface area (Å²) in [6.07, 6.45) is 10.7. The molecule has 0 aromatic carbocycles. The van der Waals surface area contributed by atoms with Crippen LogP contribution in [0.5, 0.6) is 0 Å². The summed E-state index contributed by atoms with van der Waals surface area (Å²) in [5.41, 5.74) is 4.43. The second-order valence-electron chi connectivity index (χ2n) is 11.1. The van der Waals surface area contributed by atoms with Crippen molar-refractivity contribution in [3.63, 3.8) is 0 Å². The fourth-order valence-electron chi connectivity index (χ4n) is 6.16.